The number of carbonyl (C=O) groups is 2. The van der Waals surface area contributed by atoms with Gasteiger partial charge in [-0.15, -0.1) is 0 Å². The van der Waals surface area contributed by atoms with E-state index in [0.29, 0.717) is 28.8 Å². The van der Waals surface area contributed by atoms with Crippen molar-refractivity contribution in [1.82, 2.24) is 9.88 Å². The molecule has 1 aliphatic rings. The highest BCUT2D eigenvalue weighted by atomic mass is 32.2. The Kier molecular flexibility index (Phi) is 6.09. The van der Waals surface area contributed by atoms with Gasteiger partial charge in [-0.3, -0.25) is 4.79 Å². The minimum atomic E-state index is -3.13. The molecule has 36 heavy (non-hydrogen) atoms. The molecule has 1 atom stereocenters. The van der Waals surface area contributed by atoms with E-state index in [0.717, 1.165) is 16.5 Å². The van der Waals surface area contributed by atoms with Crippen LogP contribution in [0.2, 0.25) is 0 Å². The monoisotopic (exact) mass is 506 g/mol. The van der Waals surface area contributed by atoms with Gasteiger partial charge >= 0.3 is 5.97 Å². The van der Waals surface area contributed by atoms with Gasteiger partial charge in [-0.25, -0.2) is 17.6 Å². The zero-order chi connectivity index (χ0) is 25.4. The number of hydrogen-bond acceptors (Lipinski definition) is 5. The topological polar surface area (TPSA) is 94.5 Å². The van der Waals surface area contributed by atoms with Crippen molar-refractivity contribution in [3.8, 4) is 16.8 Å². The lowest BCUT2D eigenvalue weighted by Crippen LogP contribution is -2.35. The number of carbonyl (C=O) groups excluding carboxylic acids is 2. The molecule has 1 saturated heterocycles. The van der Waals surface area contributed by atoms with Crippen LogP contribution in [0.5, 0.6) is 0 Å². The molecule has 1 N–H and O–H groups in total. The van der Waals surface area contributed by atoms with Gasteiger partial charge in [0.2, 0.25) is 0 Å². The molecule has 5 rings (SSSR count). The van der Waals surface area contributed by atoms with Gasteiger partial charge in [0.15, 0.2) is 9.84 Å². The number of sulfone groups is 1. The summed E-state index contributed by atoms with van der Waals surface area (Å²) in [5, 5.41) is 3.64. The Labute approximate surface area is 207 Å². The largest absolute Gasteiger partial charge is 0.465 e. The smallest absolute Gasteiger partial charge is 0.337 e. The van der Waals surface area contributed by atoms with Crippen LogP contribution < -0.4 is 5.32 Å². The predicted octanol–water partition coefficient (Wildman–Crippen LogP) is 4.14. The van der Waals surface area contributed by atoms with E-state index in [1.807, 2.05) is 22.9 Å². The third-order valence-electron chi connectivity index (χ3n) is 6.33. The third-order valence-corrected chi connectivity index (χ3v) is 8.10. The number of halogens is 1. The van der Waals surface area contributed by atoms with E-state index in [1.165, 1.54) is 19.2 Å². The lowest BCUT2D eigenvalue weighted by atomic mass is 10.0. The van der Waals surface area contributed by atoms with Crippen LogP contribution in [0, 0.1) is 5.82 Å². The predicted molar refractivity (Wildman–Crippen MR) is 135 cm³/mol. The molecule has 0 spiro atoms. The van der Waals surface area contributed by atoms with Crippen molar-refractivity contribution in [3.05, 3.63) is 89.9 Å². The standard InChI is InChI=1S/C27H23FN2O5S/c1-35-27(32)19-4-2-3-17(13-19)24-15-30(22-8-6-20(28)7-9-22)25-14-18(5-10-23(24)25)26(31)29-21-11-12-36(33,34)16-21/h2-10,13-15,21H,11-12,16H2,1H3,(H,29,31). The first-order valence-corrected chi connectivity index (χ1v) is 13.2. The quantitative estimate of drug-likeness (QED) is 0.411. The molecule has 0 aliphatic carbocycles. The Hall–Kier alpha value is -3.98. The van der Waals surface area contributed by atoms with Gasteiger partial charge < -0.3 is 14.6 Å². The number of aromatic nitrogens is 1. The fraction of sp³-hybridized carbons (Fsp3) is 0.185. The lowest BCUT2D eigenvalue weighted by Gasteiger charge is -2.12. The maximum Gasteiger partial charge on any atom is 0.337 e. The molecule has 184 valence electrons. The maximum atomic E-state index is 13.6. The Bertz CT molecular complexity index is 1590. The van der Waals surface area contributed by atoms with Gasteiger partial charge in [-0.1, -0.05) is 18.2 Å². The van der Waals surface area contributed by atoms with E-state index >= 15 is 0 Å². The van der Waals surface area contributed by atoms with E-state index in [2.05, 4.69) is 5.32 Å². The summed E-state index contributed by atoms with van der Waals surface area (Å²) in [4.78, 5) is 25.0. The van der Waals surface area contributed by atoms with Gasteiger partial charge in [0.05, 0.1) is 29.7 Å². The van der Waals surface area contributed by atoms with Gasteiger partial charge in [-0.2, -0.15) is 0 Å². The maximum absolute atomic E-state index is 13.6. The first-order valence-electron chi connectivity index (χ1n) is 11.4. The highest BCUT2D eigenvalue weighted by molar-refractivity contribution is 7.91. The van der Waals surface area contributed by atoms with E-state index in [9.17, 15) is 22.4 Å². The fourth-order valence-corrected chi connectivity index (χ4v) is 6.20. The molecule has 3 aromatic carbocycles. The molecule has 1 unspecified atom stereocenters. The summed E-state index contributed by atoms with van der Waals surface area (Å²) in [6, 6.07) is 17.8. The molecular weight excluding hydrogens is 483 g/mol. The molecule has 7 nitrogen and oxygen atoms in total. The molecule has 4 aromatic rings. The average Bonchev–Trinajstić information content (AvgIpc) is 3.43. The second-order valence-electron chi connectivity index (χ2n) is 8.77. The second kappa shape index (κ2) is 9.23. The normalized spacial score (nSPS) is 16.7. The number of benzene rings is 3. The summed E-state index contributed by atoms with van der Waals surface area (Å²) in [5.74, 6) is -1.17. The first-order chi connectivity index (χ1) is 17.2. The van der Waals surface area contributed by atoms with Crippen molar-refractivity contribution in [2.45, 2.75) is 12.5 Å². The highest BCUT2D eigenvalue weighted by Crippen LogP contribution is 2.34. The Morgan fingerprint density at radius 1 is 1.03 bits per heavy atom. The van der Waals surface area contributed by atoms with Crippen LogP contribution in [0.1, 0.15) is 27.1 Å². The molecule has 0 radical (unpaired) electrons. The van der Waals surface area contributed by atoms with E-state index in [4.69, 9.17) is 4.74 Å². The van der Waals surface area contributed by atoms with Crippen LogP contribution in [0.3, 0.4) is 0 Å². The lowest BCUT2D eigenvalue weighted by molar-refractivity contribution is 0.0600. The van der Waals surface area contributed by atoms with Crippen LogP contribution in [0.15, 0.2) is 72.9 Å². The van der Waals surface area contributed by atoms with Crippen LogP contribution >= 0.6 is 0 Å². The summed E-state index contributed by atoms with van der Waals surface area (Å²) in [6.45, 7) is 0. The zero-order valence-electron chi connectivity index (χ0n) is 19.4. The number of ether oxygens (including phenoxy) is 1. The average molecular weight is 507 g/mol. The summed E-state index contributed by atoms with van der Waals surface area (Å²) >= 11 is 0. The van der Waals surface area contributed by atoms with Gasteiger partial charge in [0.1, 0.15) is 5.82 Å². The van der Waals surface area contributed by atoms with Crippen LogP contribution in [-0.2, 0) is 14.6 Å². The van der Waals surface area contributed by atoms with Crippen molar-refractivity contribution in [3.63, 3.8) is 0 Å². The molecule has 0 saturated carbocycles. The van der Waals surface area contributed by atoms with Gasteiger partial charge in [0, 0.05) is 34.4 Å². The van der Waals surface area contributed by atoms with Crippen LogP contribution in [-0.4, -0.2) is 49.5 Å². The zero-order valence-corrected chi connectivity index (χ0v) is 20.2. The van der Waals surface area contributed by atoms with Crippen molar-refractivity contribution < 1.29 is 27.1 Å². The number of esters is 1. The Balaban J connectivity index is 1.60. The number of rotatable bonds is 5. The summed E-state index contributed by atoms with van der Waals surface area (Å²) in [6.07, 6.45) is 2.27. The number of fused-ring (bicyclic) bond motifs is 1. The molecule has 9 heteroatoms. The fourth-order valence-electron chi connectivity index (χ4n) is 4.52. The van der Waals surface area contributed by atoms with Crippen molar-refractivity contribution in [2.75, 3.05) is 18.6 Å². The SMILES string of the molecule is COC(=O)c1cccc(-c2cn(-c3ccc(F)cc3)c3cc(C(=O)NC4CCS(=O)(=O)C4)ccc23)c1. The van der Waals surface area contributed by atoms with Crippen molar-refractivity contribution in [1.29, 1.82) is 0 Å². The summed E-state index contributed by atoms with van der Waals surface area (Å²) in [7, 11) is -1.80. The first kappa shape index (κ1) is 23.7. The van der Waals surface area contributed by atoms with Crippen LogP contribution in [0.25, 0.3) is 27.7 Å². The van der Waals surface area contributed by atoms with E-state index in [1.54, 1.807) is 42.5 Å². The molecular formula is C27H23FN2O5S. The van der Waals surface area contributed by atoms with E-state index < -0.39 is 21.8 Å². The Morgan fingerprint density at radius 2 is 1.81 bits per heavy atom. The molecule has 1 aliphatic heterocycles. The minimum Gasteiger partial charge on any atom is -0.465 e. The van der Waals surface area contributed by atoms with Gasteiger partial charge in [0.25, 0.3) is 5.91 Å². The number of nitrogens with zero attached hydrogens (tertiary/aromatic N) is 1. The number of nitrogens with one attached hydrogen (secondary N) is 1. The second-order valence-corrected chi connectivity index (χ2v) is 11.0. The van der Waals surface area contributed by atoms with E-state index in [-0.39, 0.29) is 23.2 Å². The summed E-state index contributed by atoms with van der Waals surface area (Å²) < 4.78 is 43.9. The number of amides is 1. The van der Waals surface area contributed by atoms with Crippen LogP contribution in [0.4, 0.5) is 4.39 Å². The minimum absolute atomic E-state index is 0.0619. The van der Waals surface area contributed by atoms with Crippen molar-refractivity contribution in [2.24, 2.45) is 0 Å². The number of hydrogen-bond donors (Lipinski definition) is 1. The molecule has 1 aromatic heterocycles. The molecule has 0 bridgehead atoms. The van der Waals surface area contributed by atoms with Crippen molar-refractivity contribution >= 4 is 32.6 Å². The van der Waals surface area contributed by atoms with Gasteiger partial charge in [-0.05, 0) is 60.5 Å². The molecule has 1 amide bonds. The number of methoxy groups -OCH3 is 1. The molecule has 1 fully saturated rings. The highest BCUT2D eigenvalue weighted by Gasteiger charge is 2.29. The summed E-state index contributed by atoms with van der Waals surface area (Å²) in [5.41, 5.74) is 3.76. The Morgan fingerprint density at radius 3 is 2.50 bits per heavy atom. The molecule has 2 heterocycles. The third kappa shape index (κ3) is 4.61.